The third-order valence-corrected chi connectivity index (χ3v) is 1.88. The number of aliphatic imine (C=N–C) groups is 1. The van der Waals surface area contributed by atoms with E-state index in [2.05, 4.69) is 22.2 Å². The van der Waals surface area contributed by atoms with E-state index >= 15 is 0 Å². The van der Waals surface area contributed by atoms with Gasteiger partial charge in [-0.3, -0.25) is 4.99 Å². The zero-order chi connectivity index (χ0) is 8.10. The quantitative estimate of drug-likeness (QED) is 0.447. The molecule has 1 fully saturated rings. The fourth-order valence-corrected chi connectivity index (χ4v) is 1.34. The van der Waals surface area contributed by atoms with Gasteiger partial charge >= 0.3 is 0 Å². The molecule has 3 nitrogen and oxygen atoms in total. The Labute approximate surface area is 67.6 Å². The molecule has 1 aliphatic rings. The summed E-state index contributed by atoms with van der Waals surface area (Å²) in [6.45, 7) is 4.70. The van der Waals surface area contributed by atoms with Gasteiger partial charge in [0.05, 0.1) is 6.04 Å². The minimum atomic E-state index is 0.415. The molecule has 1 heterocycles. The molecule has 0 bridgehead atoms. The van der Waals surface area contributed by atoms with Crippen molar-refractivity contribution in [2.75, 3.05) is 13.6 Å². The van der Waals surface area contributed by atoms with E-state index in [1.54, 1.807) is 13.2 Å². The van der Waals surface area contributed by atoms with E-state index in [9.17, 15) is 0 Å². The standard InChI is InChI=1S/C8H15N3/c1-3-10-8(9-2)7-5-4-6-11-7/h3,7,11H,1,4-6H2,2H3,(H,9,10). The molecule has 0 radical (unpaired) electrons. The van der Waals surface area contributed by atoms with Crippen LogP contribution >= 0.6 is 0 Å². The maximum absolute atomic E-state index is 4.13. The van der Waals surface area contributed by atoms with Crippen LogP contribution in [0.3, 0.4) is 0 Å². The van der Waals surface area contributed by atoms with Gasteiger partial charge in [-0.2, -0.15) is 0 Å². The fraction of sp³-hybridized carbons (Fsp3) is 0.625. The molecule has 0 saturated carbocycles. The number of nitrogens with zero attached hydrogens (tertiary/aromatic N) is 1. The number of amidine groups is 1. The Bertz CT molecular complexity index is 157. The Balaban J connectivity index is 2.47. The van der Waals surface area contributed by atoms with Crippen molar-refractivity contribution in [3.8, 4) is 0 Å². The van der Waals surface area contributed by atoms with E-state index in [1.165, 1.54) is 12.8 Å². The molecule has 1 saturated heterocycles. The van der Waals surface area contributed by atoms with Gasteiger partial charge in [-0.25, -0.2) is 0 Å². The molecule has 0 amide bonds. The van der Waals surface area contributed by atoms with E-state index in [1.807, 2.05) is 0 Å². The van der Waals surface area contributed by atoms with Crippen LogP contribution in [0.25, 0.3) is 0 Å². The lowest BCUT2D eigenvalue weighted by Gasteiger charge is -2.12. The van der Waals surface area contributed by atoms with Crippen LogP contribution in [0, 0.1) is 0 Å². The van der Waals surface area contributed by atoms with Crippen molar-refractivity contribution in [1.82, 2.24) is 10.6 Å². The Morgan fingerprint density at radius 2 is 2.64 bits per heavy atom. The first kappa shape index (κ1) is 8.27. The van der Waals surface area contributed by atoms with Gasteiger partial charge in [0, 0.05) is 7.05 Å². The SMILES string of the molecule is C=CNC(=NC)C1CCCN1. The predicted octanol–water partition coefficient (Wildman–Crippen LogP) is 0.500. The normalized spacial score (nSPS) is 25.2. The average Bonchev–Trinajstić information content (AvgIpc) is 2.52. The van der Waals surface area contributed by atoms with Gasteiger partial charge < -0.3 is 10.6 Å². The maximum Gasteiger partial charge on any atom is 0.117 e. The van der Waals surface area contributed by atoms with Gasteiger partial charge in [0.25, 0.3) is 0 Å². The number of nitrogens with one attached hydrogen (secondary N) is 2. The summed E-state index contributed by atoms with van der Waals surface area (Å²) in [5.41, 5.74) is 0. The van der Waals surface area contributed by atoms with Crippen LogP contribution in [0.2, 0.25) is 0 Å². The van der Waals surface area contributed by atoms with Crippen LogP contribution in [-0.4, -0.2) is 25.5 Å². The average molecular weight is 153 g/mol. The molecule has 62 valence electrons. The van der Waals surface area contributed by atoms with Crippen LogP contribution < -0.4 is 10.6 Å². The highest BCUT2D eigenvalue weighted by Gasteiger charge is 2.18. The van der Waals surface area contributed by atoms with Crippen molar-refractivity contribution in [1.29, 1.82) is 0 Å². The molecule has 3 heteroatoms. The highest BCUT2D eigenvalue weighted by molar-refractivity contribution is 5.88. The topological polar surface area (TPSA) is 36.4 Å². The predicted molar refractivity (Wildman–Crippen MR) is 47.7 cm³/mol. The third kappa shape index (κ3) is 2.05. The van der Waals surface area contributed by atoms with Gasteiger partial charge in [-0.1, -0.05) is 6.58 Å². The summed E-state index contributed by atoms with van der Waals surface area (Å²) in [5, 5.41) is 6.38. The fourth-order valence-electron chi connectivity index (χ4n) is 1.34. The Kier molecular flexibility index (Phi) is 3.11. The first-order valence-electron chi connectivity index (χ1n) is 3.96. The molecule has 1 aliphatic heterocycles. The van der Waals surface area contributed by atoms with Crippen molar-refractivity contribution >= 4 is 5.84 Å². The molecule has 1 rings (SSSR count). The first-order valence-corrected chi connectivity index (χ1v) is 3.96. The van der Waals surface area contributed by atoms with E-state index in [0.717, 1.165) is 12.4 Å². The lowest BCUT2D eigenvalue weighted by atomic mass is 10.2. The minimum absolute atomic E-state index is 0.415. The van der Waals surface area contributed by atoms with Gasteiger partial charge in [0.1, 0.15) is 5.84 Å². The molecule has 0 aromatic heterocycles. The summed E-state index contributed by atoms with van der Waals surface area (Å²) < 4.78 is 0. The molecule has 0 aromatic carbocycles. The third-order valence-electron chi connectivity index (χ3n) is 1.88. The van der Waals surface area contributed by atoms with E-state index in [0.29, 0.717) is 6.04 Å². The molecule has 1 atom stereocenters. The van der Waals surface area contributed by atoms with Crippen LogP contribution in [-0.2, 0) is 0 Å². The summed E-state index contributed by atoms with van der Waals surface area (Å²) in [6.07, 6.45) is 4.08. The first-order chi connectivity index (χ1) is 5.38. The van der Waals surface area contributed by atoms with Crippen molar-refractivity contribution in [3.05, 3.63) is 12.8 Å². The summed E-state index contributed by atoms with van der Waals surface area (Å²) in [7, 11) is 1.80. The highest BCUT2D eigenvalue weighted by atomic mass is 15.1. The zero-order valence-corrected chi connectivity index (χ0v) is 6.93. The molecular formula is C8H15N3. The van der Waals surface area contributed by atoms with Crippen molar-refractivity contribution < 1.29 is 0 Å². The van der Waals surface area contributed by atoms with Crippen LogP contribution in [0.5, 0.6) is 0 Å². The van der Waals surface area contributed by atoms with Crippen molar-refractivity contribution in [3.63, 3.8) is 0 Å². The lowest BCUT2D eigenvalue weighted by molar-refractivity contribution is 0.743. The number of hydrogen-bond acceptors (Lipinski definition) is 2. The zero-order valence-electron chi connectivity index (χ0n) is 6.93. The molecule has 1 unspecified atom stereocenters. The van der Waals surface area contributed by atoms with Crippen LogP contribution in [0.4, 0.5) is 0 Å². The summed E-state index contributed by atoms with van der Waals surface area (Å²) in [5.74, 6) is 0.998. The maximum atomic E-state index is 4.13. The summed E-state index contributed by atoms with van der Waals surface area (Å²) >= 11 is 0. The summed E-state index contributed by atoms with van der Waals surface area (Å²) in [4.78, 5) is 4.13. The van der Waals surface area contributed by atoms with Crippen molar-refractivity contribution in [2.24, 2.45) is 4.99 Å². The summed E-state index contributed by atoms with van der Waals surface area (Å²) in [6, 6.07) is 0.415. The second-order valence-electron chi connectivity index (χ2n) is 2.61. The van der Waals surface area contributed by atoms with E-state index in [-0.39, 0.29) is 0 Å². The molecule has 0 aliphatic carbocycles. The molecule has 2 N–H and O–H groups in total. The van der Waals surface area contributed by atoms with Crippen LogP contribution in [0.15, 0.2) is 17.8 Å². The monoisotopic (exact) mass is 153 g/mol. The number of rotatable bonds is 2. The molecule has 11 heavy (non-hydrogen) atoms. The van der Waals surface area contributed by atoms with Gasteiger partial charge in [-0.15, -0.1) is 0 Å². The molecule has 0 aromatic rings. The van der Waals surface area contributed by atoms with E-state index in [4.69, 9.17) is 0 Å². The van der Waals surface area contributed by atoms with Crippen molar-refractivity contribution in [2.45, 2.75) is 18.9 Å². The molecular weight excluding hydrogens is 138 g/mol. The Morgan fingerprint density at radius 1 is 1.82 bits per heavy atom. The second-order valence-corrected chi connectivity index (χ2v) is 2.61. The Morgan fingerprint density at radius 3 is 3.09 bits per heavy atom. The van der Waals surface area contributed by atoms with Gasteiger partial charge in [0.2, 0.25) is 0 Å². The number of hydrogen-bond donors (Lipinski definition) is 2. The largest absolute Gasteiger partial charge is 0.350 e. The highest BCUT2D eigenvalue weighted by Crippen LogP contribution is 2.05. The minimum Gasteiger partial charge on any atom is -0.350 e. The second kappa shape index (κ2) is 4.13. The van der Waals surface area contributed by atoms with Gasteiger partial charge in [0.15, 0.2) is 0 Å². The van der Waals surface area contributed by atoms with E-state index < -0.39 is 0 Å². The molecule has 0 spiro atoms. The Hall–Kier alpha value is -0.830. The van der Waals surface area contributed by atoms with Gasteiger partial charge in [-0.05, 0) is 25.6 Å². The smallest absolute Gasteiger partial charge is 0.117 e. The lowest BCUT2D eigenvalue weighted by Crippen LogP contribution is -2.38. The van der Waals surface area contributed by atoms with Crippen LogP contribution in [0.1, 0.15) is 12.8 Å².